The number of quaternary nitrogens is 1. The topological polar surface area (TPSA) is 61.6 Å². The predicted octanol–water partition coefficient (Wildman–Crippen LogP) is -1.31. The molecule has 1 aliphatic heterocycles. The van der Waals surface area contributed by atoms with Crippen LogP contribution in [-0.2, 0) is 0 Å². The lowest BCUT2D eigenvalue weighted by molar-refractivity contribution is -0.939. The van der Waals surface area contributed by atoms with Gasteiger partial charge in [-0.1, -0.05) is 6.42 Å². The second kappa shape index (κ2) is 11.0. The van der Waals surface area contributed by atoms with Crippen molar-refractivity contribution >= 4 is 0 Å². The van der Waals surface area contributed by atoms with E-state index in [-0.39, 0.29) is 19.0 Å². The molecule has 4 unspecified atom stereocenters. The van der Waals surface area contributed by atoms with Crippen LogP contribution in [-0.4, -0.2) is 58.3 Å². The minimum absolute atomic E-state index is 0. The van der Waals surface area contributed by atoms with Gasteiger partial charge in [0.25, 0.3) is 0 Å². The first-order valence-corrected chi connectivity index (χ1v) is 10.1. The number of aliphatic hydroxyl groups is 1. The summed E-state index contributed by atoms with van der Waals surface area (Å²) in [6.07, 6.45) is 7.54. The lowest BCUT2D eigenvalue weighted by Gasteiger charge is -2.41. The van der Waals surface area contributed by atoms with Crippen molar-refractivity contribution in [2.75, 3.05) is 41.0 Å². The van der Waals surface area contributed by atoms with Gasteiger partial charge in [-0.15, -0.1) is 0 Å². The van der Waals surface area contributed by atoms with E-state index < -0.39 is 6.10 Å². The molecule has 6 nitrogen and oxygen atoms in total. The number of hydrogen-bond acceptors (Lipinski definition) is 5. The molecule has 7 heteroatoms. The maximum atomic E-state index is 10.6. The molecular weight excluding hydrogens is 382 g/mol. The van der Waals surface area contributed by atoms with Crippen molar-refractivity contribution in [3.8, 4) is 23.0 Å². The van der Waals surface area contributed by atoms with Crippen LogP contribution in [0, 0.1) is 5.92 Å². The van der Waals surface area contributed by atoms with Gasteiger partial charge in [0.05, 0.1) is 33.9 Å². The molecule has 0 bridgehead atoms. The Morgan fingerprint density at radius 3 is 2.29 bits per heavy atom. The van der Waals surface area contributed by atoms with Crippen molar-refractivity contribution in [1.29, 1.82) is 0 Å². The van der Waals surface area contributed by atoms with E-state index in [1.807, 2.05) is 0 Å². The number of aliphatic hydroxyl groups excluding tert-OH is 1. The fourth-order valence-corrected chi connectivity index (χ4v) is 4.82. The van der Waals surface area contributed by atoms with Gasteiger partial charge in [0, 0.05) is 18.1 Å². The third-order valence-electron chi connectivity index (χ3n) is 6.08. The van der Waals surface area contributed by atoms with Gasteiger partial charge < -0.3 is 41.4 Å². The first-order chi connectivity index (χ1) is 13.2. The second-order valence-corrected chi connectivity index (χ2v) is 7.73. The van der Waals surface area contributed by atoms with Crippen LogP contribution in [0.2, 0.25) is 0 Å². The number of nitrogens with one attached hydrogen (secondary N) is 1. The highest BCUT2D eigenvalue weighted by molar-refractivity contribution is 5.55. The minimum atomic E-state index is -0.486. The Kier molecular flexibility index (Phi) is 8.99. The largest absolute Gasteiger partial charge is 1.00 e. The lowest BCUT2D eigenvalue weighted by Crippen LogP contribution is -3.18. The van der Waals surface area contributed by atoms with E-state index in [1.165, 1.54) is 45.1 Å². The summed E-state index contributed by atoms with van der Waals surface area (Å²) in [4.78, 5) is 1.56. The van der Waals surface area contributed by atoms with Crippen molar-refractivity contribution in [3.63, 3.8) is 0 Å². The normalized spacial score (nSPS) is 25.1. The van der Waals surface area contributed by atoms with E-state index in [0.29, 0.717) is 23.0 Å². The molecule has 4 atom stereocenters. The van der Waals surface area contributed by atoms with Gasteiger partial charge in [0.15, 0.2) is 11.5 Å². The first-order valence-electron chi connectivity index (χ1n) is 10.1. The van der Waals surface area contributed by atoms with Crippen molar-refractivity contribution in [2.45, 2.75) is 50.7 Å². The van der Waals surface area contributed by atoms with Gasteiger partial charge >= 0.3 is 0 Å². The van der Waals surface area contributed by atoms with E-state index in [2.05, 4.69) is 0 Å². The zero-order valence-corrected chi connectivity index (χ0v) is 18.0. The highest BCUT2D eigenvalue weighted by Crippen LogP contribution is 2.40. The van der Waals surface area contributed by atoms with E-state index >= 15 is 0 Å². The van der Waals surface area contributed by atoms with Crippen molar-refractivity contribution in [2.24, 2.45) is 5.92 Å². The van der Waals surface area contributed by atoms with Crippen LogP contribution >= 0.6 is 0 Å². The molecule has 160 valence electrons. The van der Waals surface area contributed by atoms with Crippen LogP contribution in [0.4, 0.5) is 0 Å². The molecule has 1 saturated heterocycles. The number of halogens is 1. The molecule has 2 fully saturated rings. The molecule has 0 radical (unpaired) electrons. The number of piperidine rings is 1. The Balaban J connectivity index is 0.00000280. The molecule has 0 spiro atoms. The fourth-order valence-electron chi connectivity index (χ4n) is 4.82. The summed E-state index contributed by atoms with van der Waals surface area (Å²) in [5.41, 5.74) is 0. The smallest absolute Gasteiger partial charge is 0.203 e. The standard InChI is InChI=1S/C21H33NO5.ClH/c1-24-19-11-17(12-20(25-2)21(19)26-3)27-14-16(23)13-22-10-6-8-15-7-4-5-9-18(15)22;/h11-12,15-16,18,23H,4-10,13-14H2,1-3H3;1H. The Labute approximate surface area is 174 Å². The summed E-state index contributed by atoms with van der Waals surface area (Å²) in [5.74, 6) is 3.09. The molecule has 1 saturated carbocycles. The van der Waals surface area contributed by atoms with Crippen molar-refractivity contribution in [1.82, 2.24) is 0 Å². The average molecular weight is 416 g/mol. The Morgan fingerprint density at radius 1 is 1.00 bits per heavy atom. The number of benzene rings is 1. The van der Waals surface area contributed by atoms with Crippen LogP contribution < -0.4 is 36.3 Å². The Morgan fingerprint density at radius 2 is 1.64 bits per heavy atom. The van der Waals surface area contributed by atoms with Crippen LogP contribution in [0.15, 0.2) is 12.1 Å². The third-order valence-corrected chi connectivity index (χ3v) is 6.08. The fraction of sp³-hybridized carbons (Fsp3) is 0.714. The number of methoxy groups -OCH3 is 3. The van der Waals surface area contributed by atoms with Gasteiger partial charge in [-0.2, -0.15) is 0 Å². The maximum absolute atomic E-state index is 10.6. The zero-order valence-electron chi connectivity index (χ0n) is 17.2. The zero-order chi connectivity index (χ0) is 19.2. The van der Waals surface area contributed by atoms with Gasteiger partial charge in [0.1, 0.15) is 25.0 Å². The predicted molar refractivity (Wildman–Crippen MR) is 103 cm³/mol. The van der Waals surface area contributed by atoms with E-state index in [4.69, 9.17) is 18.9 Å². The summed E-state index contributed by atoms with van der Waals surface area (Å²) >= 11 is 0. The van der Waals surface area contributed by atoms with E-state index in [1.54, 1.807) is 38.4 Å². The summed E-state index contributed by atoms with van der Waals surface area (Å²) < 4.78 is 21.9. The highest BCUT2D eigenvalue weighted by Gasteiger charge is 2.37. The van der Waals surface area contributed by atoms with E-state index in [0.717, 1.165) is 18.5 Å². The summed E-state index contributed by atoms with van der Waals surface area (Å²) in [6.45, 7) is 2.19. The van der Waals surface area contributed by atoms with Gasteiger partial charge in [-0.3, -0.25) is 0 Å². The third kappa shape index (κ3) is 5.37. The monoisotopic (exact) mass is 415 g/mol. The van der Waals surface area contributed by atoms with Crippen molar-refractivity contribution < 1.29 is 41.4 Å². The molecule has 0 amide bonds. The number of rotatable bonds is 8. The molecular formula is C21H34ClNO5. The highest BCUT2D eigenvalue weighted by atomic mass is 35.5. The number of hydrogen-bond donors (Lipinski definition) is 2. The average Bonchev–Trinajstić information content (AvgIpc) is 2.71. The quantitative estimate of drug-likeness (QED) is 0.552. The lowest BCUT2D eigenvalue weighted by atomic mass is 9.78. The molecule has 2 aliphatic rings. The molecule has 1 aliphatic carbocycles. The van der Waals surface area contributed by atoms with Gasteiger partial charge in [-0.05, 0) is 32.1 Å². The van der Waals surface area contributed by atoms with Crippen molar-refractivity contribution in [3.05, 3.63) is 12.1 Å². The molecule has 0 aromatic heterocycles. The Hall–Kier alpha value is -1.37. The van der Waals surface area contributed by atoms with Gasteiger partial charge in [-0.25, -0.2) is 0 Å². The molecule has 1 heterocycles. The Bertz CT molecular complexity index is 587. The van der Waals surface area contributed by atoms with Crippen LogP contribution in [0.3, 0.4) is 0 Å². The molecule has 2 N–H and O–H groups in total. The first kappa shape index (κ1) is 22.9. The van der Waals surface area contributed by atoms with Crippen LogP contribution in [0.1, 0.15) is 38.5 Å². The molecule has 3 rings (SSSR count). The maximum Gasteiger partial charge on any atom is 0.203 e. The summed E-state index contributed by atoms with van der Waals surface area (Å²) in [7, 11) is 4.73. The van der Waals surface area contributed by atoms with E-state index in [9.17, 15) is 5.11 Å². The number of likely N-dealkylation sites (tertiary alicyclic amines) is 1. The summed E-state index contributed by atoms with van der Waals surface area (Å²) in [5, 5.41) is 10.6. The minimum Gasteiger partial charge on any atom is -1.00 e. The summed E-state index contributed by atoms with van der Waals surface area (Å²) in [6, 6.07) is 4.25. The number of ether oxygens (including phenoxy) is 4. The number of fused-ring (bicyclic) bond motifs is 1. The van der Waals surface area contributed by atoms with Gasteiger partial charge in [0.2, 0.25) is 5.75 Å². The van der Waals surface area contributed by atoms with Crippen LogP contribution in [0.5, 0.6) is 23.0 Å². The second-order valence-electron chi connectivity index (χ2n) is 7.73. The molecule has 1 aromatic carbocycles. The van der Waals surface area contributed by atoms with Crippen LogP contribution in [0.25, 0.3) is 0 Å². The molecule has 28 heavy (non-hydrogen) atoms. The molecule has 1 aromatic rings. The SMILES string of the molecule is COc1cc(OCC(O)C[NH+]2CCCC3CCCCC32)cc(OC)c1OC.[Cl-].